The fourth-order valence-electron chi connectivity index (χ4n) is 1.94. The van der Waals surface area contributed by atoms with E-state index in [0.29, 0.717) is 17.9 Å². The van der Waals surface area contributed by atoms with Gasteiger partial charge in [0.05, 0.1) is 12.1 Å². The van der Waals surface area contributed by atoms with Gasteiger partial charge in [-0.3, -0.25) is 9.79 Å². The van der Waals surface area contributed by atoms with E-state index in [1.165, 1.54) is 0 Å². The summed E-state index contributed by atoms with van der Waals surface area (Å²) >= 11 is 0. The van der Waals surface area contributed by atoms with Crippen LogP contribution >= 0.6 is 0 Å². The molecule has 3 rings (SSSR count). The SMILES string of the molecule is O=C(C1=NCCN1)c1c[nH]c2ccccc12. The highest BCUT2D eigenvalue weighted by atomic mass is 16.1. The molecule has 0 radical (unpaired) electrons. The first-order valence-corrected chi connectivity index (χ1v) is 5.25. The predicted molar refractivity (Wildman–Crippen MR) is 62.9 cm³/mol. The van der Waals surface area contributed by atoms with Crippen LogP contribution in [0.4, 0.5) is 0 Å². The minimum Gasteiger partial charge on any atom is -0.365 e. The lowest BCUT2D eigenvalue weighted by Crippen LogP contribution is -2.27. The zero-order chi connectivity index (χ0) is 11.0. The number of aliphatic imine (C=N–C) groups is 1. The van der Waals surface area contributed by atoms with Crippen molar-refractivity contribution in [2.45, 2.75) is 0 Å². The molecule has 0 amide bonds. The molecule has 0 unspecified atom stereocenters. The first-order valence-electron chi connectivity index (χ1n) is 5.25. The molecule has 1 aliphatic heterocycles. The monoisotopic (exact) mass is 213 g/mol. The van der Waals surface area contributed by atoms with Gasteiger partial charge in [-0.1, -0.05) is 18.2 Å². The molecule has 0 bridgehead atoms. The van der Waals surface area contributed by atoms with Crippen molar-refractivity contribution in [3.05, 3.63) is 36.0 Å². The quantitative estimate of drug-likeness (QED) is 0.740. The molecule has 2 N–H and O–H groups in total. The van der Waals surface area contributed by atoms with Gasteiger partial charge in [-0.25, -0.2) is 0 Å². The zero-order valence-electron chi connectivity index (χ0n) is 8.66. The van der Waals surface area contributed by atoms with E-state index in [4.69, 9.17) is 0 Å². The number of nitrogens with zero attached hydrogens (tertiary/aromatic N) is 1. The van der Waals surface area contributed by atoms with Gasteiger partial charge in [0.1, 0.15) is 0 Å². The van der Waals surface area contributed by atoms with Gasteiger partial charge in [-0.2, -0.15) is 0 Å². The minimum absolute atomic E-state index is 0.0325. The Morgan fingerprint density at radius 2 is 2.19 bits per heavy atom. The average molecular weight is 213 g/mol. The number of rotatable bonds is 2. The molecule has 2 heterocycles. The summed E-state index contributed by atoms with van der Waals surface area (Å²) in [6.07, 6.45) is 1.75. The number of carbonyl (C=O) groups is 1. The van der Waals surface area contributed by atoms with Crippen molar-refractivity contribution in [1.29, 1.82) is 0 Å². The Kier molecular flexibility index (Phi) is 1.99. The van der Waals surface area contributed by atoms with E-state index in [1.807, 2.05) is 24.3 Å². The number of amidine groups is 1. The lowest BCUT2D eigenvalue weighted by Gasteiger charge is -1.99. The number of nitrogens with one attached hydrogen (secondary N) is 2. The van der Waals surface area contributed by atoms with Crippen LogP contribution in [0.15, 0.2) is 35.5 Å². The molecule has 0 fully saturated rings. The van der Waals surface area contributed by atoms with Crippen molar-refractivity contribution in [1.82, 2.24) is 10.3 Å². The van der Waals surface area contributed by atoms with Crippen LogP contribution in [-0.2, 0) is 0 Å². The highest BCUT2D eigenvalue weighted by Crippen LogP contribution is 2.18. The van der Waals surface area contributed by atoms with Gasteiger partial charge in [0.25, 0.3) is 0 Å². The maximum Gasteiger partial charge on any atom is 0.229 e. The number of benzene rings is 1. The van der Waals surface area contributed by atoms with Crippen LogP contribution in [0.5, 0.6) is 0 Å². The molecule has 4 nitrogen and oxygen atoms in total. The molecule has 4 heteroatoms. The second-order valence-corrected chi connectivity index (χ2v) is 3.73. The summed E-state index contributed by atoms with van der Waals surface area (Å²) in [5.41, 5.74) is 1.66. The Labute approximate surface area is 92.4 Å². The number of para-hydroxylation sites is 1. The molecule has 1 aromatic carbocycles. The number of ketones is 1. The molecule has 2 aromatic rings. The number of hydrogen-bond donors (Lipinski definition) is 2. The van der Waals surface area contributed by atoms with Crippen molar-refractivity contribution in [2.75, 3.05) is 13.1 Å². The van der Waals surface area contributed by atoms with Gasteiger partial charge in [0.2, 0.25) is 5.78 Å². The zero-order valence-corrected chi connectivity index (χ0v) is 8.66. The van der Waals surface area contributed by atoms with E-state index in [2.05, 4.69) is 15.3 Å². The molecule has 16 heavy (non-hydrogen) atoms. The average Bonchev–Trinajstić information content (AvgIpc) is 2.98. The van der Waals surface area contributed by atoms with Gasteiger partial charge in [0.15, 0.2) is 5.84 Å². The number of aromatic amines is 1. The van der Waals surface area contributed by atoms with E-state index >= 15 is 0 Å². The summed E-state index contributed by atoms with van der Waals surface area (Å²) in [4.78, 5) is 19.3. The summed E-state index contributed by atoms with van der Waals surface area (Å²) in [6.45, 7) is 1.44. The maximum absolute atomic E-state index is 12.1. The first-order chi connectivity index (χ1) is 7.86. The summed E-state index contributed by atoms with van der Waals surface area (Å²) in [5, 5.41) is 3.94. The Hall–Kier alpha value is -2.10. The Balaban J connectivity index is 2.09. The van der Waals surface area contributed by atoms with Gasteiger partial charge < -0.3 is 10.3 Å². The van der Waals surface area contributed by atoms with Crippen LogP contribution in [0.25, 0.3) is 10.9 Å². The van der Waals surface area contributed by atoms with Gasteiger partial charge in [0, 0.05) is 23.6 Å². The smallest absolute Gasteiger partial charge is 0.229 e. The second kappa shape index (κ2) is 3.48. The van der Waals surface area contributed by atoms with Gasteiger partial charge in [-0.15, -0.1) is 0 Å². The Bertz CT molecular complexity index is 583. The van der Waals surface area contributed by atoms with Crippen molar-refractivity contribution in [2.24, 2.45) is 4.99 Å². The highest BCUT2D eigenvalue weighted by Gasteiger charge is 2.19. The van der Waals surface area contributed by atoms with Crippen LogP contribution in [0.1, 0.15) is 10.4 Å². The van der Waals surface area contributed by atoms with E-state index < -0.39 is 0 Å². The summed E-state index contributed by atoms with van der Waals surface area (Å²) in [6, 6.07) is 7.76. The van der Waals surface area contributed by atoms with Crippen LogP contribution in [0.2, 0.25) is 0 Å². The lowest BCUT2D eigenvalue weighted by atomic mass is 10.1. The van der Waals surface area contributed by atoms with Gasteiger partial charge >= 0.3 is 0 Å². The van der Waals surface area contributed by atoms with Crippen LogP contribution in [-0.4, -0.2) is 29.7 Å². The third-order valence-corrected chi connectivity index (χ3v) is 2.72. The summed E-state index contributed by atoms with van der Waals surface area (Å²) in [7, 11) is 0. The molecule has 0 spiro atoms. The van der Waals surface area contributed by atoms with Crippen LogP contribution < -0.4 is 5.32 Å². The Morgan fingerprint density at radius 1 is 1.31 bits per heavy atom. The number of H-pyrrole nitrogens is 1. The predicted octanol–water partition coefficient (Wildman–Crippen LogP) is 1.35. The fourth-order valence-corrected chi connectivity index (χ4v) is 1.94. The third kappa shape index (κ3) is 1.31. The molecule has 0 aliphatic carbocycles. The van der Waals surface area contributed by atoms with Crippen molar-refractivity contribution < 1.29 is 4.79 Å². The topological polar surface area (TPSA) is 57.2 Å². The molecule has 0 atom stereocenters. The normalized spacial score (nSPS) is 14.9. The van der Waals surface area contributed by atoms with Crippen molar-refractivity contribution >= 4 is 22.5 Å². The molecular formula is C12H11N3O. The summed E-state index contributed by atoms with van der Waals surface area (Å²) in [5.74, 6) is 0.444. The highest BCUT2D eigenvalue weighted by molar-refractivity contribution is 6.47. The number of Topliss-reactive ketones (excluding diaryl/α,β-unsaturated/α-hetero) is 1. The maximum atomic E-state index is 12.1. The molecular weight excluding hydrogens is 202 g/mol. The van der Waals surface area contributed by atoms with Crippen molar-refractivity contribution in [3.8, 4) is 0 Å². The number of hydrogen-bond acceptors (Lipinski definition) is 3. The molecule has 1 aromatic heterocycles. The molecule has 0 saturated carbocycles. The molecule has 80 valence electrons. The molecule has 0 saturated heterocycles. The summed E-state index contributed by atoms with van der Waals surface area (Å²) < 4.78 is 0. The fraction of sp³-hybridized carbons (Fsp3) is 0.167. The number of carbonyl (C=O) groups excluding carboxylic acids is 1. The third-order valence-electron chi connectivity index (χ3n) is 2.72. The Morgan fingerprint density at radius 3 is 3.00 bits per heavy atom. The number of fused-ring (bicyclic) bond motifs is 1. The minimum atomic E-state index is -0.0325. The van der Waals surface area contributed by atoms with E-state index in [9.17, 15) is 4.79 Å². The largest absolute Gasteiger partial charge is 0.365 e. The van der Waals surface area contributed by atoms with E-state index in [1.54, 1.807) is 6.20 Å². The van der Waals surface area contributed by atoms with Crippen molar-refractivity contribution in [3.63, 3.8) is 0 Å². The number of aromatic nitrogens is 1. The molecule has 1 aliphatic rings. The van der Waals surface area contributed by atoms with E-state index in [0.717, 1.165) is 17.4 Å². The van der Waals surface area contributed by atoms with Gasteiger partial charge in [-0.05, 0) is 6.07 Å². The lowest BCUT2D eigenvalue weighted by molar-refractivity contribution is 0.106. The second-order valence-electron chi connectivity index (χ2n) is 3.73. The van der Waals surface area contributed by atoms with Crippen LogP contribution in [0.3, 0.4) is 0 Å². The van der Waals surface area contributed by atoms with Crippen LogP contribution in [0, 0.1) is 0 Å². The first kappa shape index (κ1) is 9.15. The van der Waals surface area contributed by atoms with E-state index in [-0.39, 0.29) is 5.78 Å². The standard InChI is InChI=1S/C12H11N3O/c16-11(12-13-5-6-14-12)9-7-15-10-4-2-1-3-8(9)10/h1-4,7,15H,5-6H2,(H,13,14).